The topological polar surface area (TPSA) is 52.6 Å². The van der Waals surface area contributed by atoms with Gasteiger partial charge in [-0.3, -0.25) is 0 Å². The molecule has 1 heterocycles. The minimum atomic E-state index is 0.0570. The number of amides is 2. The first-order valence-electron chi connectivity index (χ1n) is 7.08. The van der Waals surface area contributed by atoms with Crippen LogP contribution in [0.3, 0.4) is 0 Å². The van der Waals surface area contributed by atoms with Crippen LogP contribution in [-0.4, -0.2) is 42.3 Å². The molecule has 1 fully saturated rings. The predicted octanol–water partition coefficient (Wildman–Crippen LogP) is 2.23. The maximum absolute atomic E-state index is 12.0. The number of hydrogen-bond acceptors (Lipinski definition) is 2. The summed E-state index contributed by atoms with van der Waals surface area (Å²) in [6.07, 6.45) is 3.95. The van der Waals surface area contributed by atoms with Crippen LogP contribution in [0.2, 0.25) is 0 Å². The minimum absolute atomic E-state index is 0.0570. The van der Waals surface area contributed by atoms with E-state index in [1.165, 1.54) is 0 Å². The SMILES string of the molecule is CC1CCN(C(=O)NCC(C)(C)CCCO)CC1. The first-order valence-corrected chi connectivity index (χ1v) is 7.08. The van der Waals surface area contributed by atoms with Gasteiger partial charge in [-0.05, 0) is 37.0 Å². The molecular weight excluding hydrogens is 228 g/mol. The third-order valence-corrected chi connectivity index (χ3v) is 3.80. The van der Waals surface area contributed by atoms with E-state index in [-0.39, 0.29) is 18.1 Å². The quantitative estimate of drug-likeness (QED) is 0.792. The Morgan fingerprint density at radius 1 is 1.39 bits per heavy atom. The highest BCUT2D eigenvalue weighted by Gasteiger charge is 2.23. The van der Waals surface area contributed by atoms with Crippen LogP contribution in [0.4, 0.5) is 4.79 Å². The lowest BCUT2D eigenvalue weighted by Gasteiger charge is -2.32. The zero-order valence-corrected chi connectivity index (χ0v) is 12.0. The Morgan fingerprint density at radius 3 is 2.56 bits per heavy atom. The number of piperidine rings is 1. The zero-order chi connectivity index (χ0) is 13.6. The molecule has 0 atom stereocenters. The molecule has 0 saturated carbocycles. The van der Waals surface area contributed by atoms with Gasteiger partial charge in [-0.15, -0.1) is 0 Å². The van der Waals surface area contributed by atoms with Gasteiger partial charge in [0, 0.05) is 26.2 Å². The van der Waals surface area contributed by atoms with E-state index in [2.05, 4.69) is 26.1 Å². The normalized spacial score (nSPS) is 17.9. The van der Waals surface area contributed by atoms with Crippen LogP contribution in [0.25, 0.3) is 0 Å². The van der Waals surface area contributed by atoms with E-state index in [1.54, 1.807) is 0 Å². The lowest BCUT2D eigenvalue weighted by Crippen LogP contribution is -2.46. The summed E-state index contributed by atoms with van der Waals surface area (Å²) >= 11 is 0. The number of nitrogens with zero attached hydrogens (tertiary/aromatic N) is 1. The average molecular weight is 256 g/mol. The summed E-state index contributed by atoms with van der Waals surface area (Å²) in [4.78, 5) is 13.9. The number of urea groups is 1. The van der Waals surface area contributed by atoms with Gasteiger partial charge in [0.25, 0.3) is 0 Å². The molecule has 0 aromatic heterocycles. The van der Waals surface area contributed by atoms with Crippen molar-refractivity contribution in [1.82, 2.24) is 10.2 Å². The summed E-state index contributed by atoms with van der Waals surface area (Å²) in [5, 5.41) is 11.9. The number of aliphatic hydroxyl groups excluding tert-OH is 1. The van der Waals surface area contributed by atoms with Gasteiger partial charge in [-0.1, -0.05) is 20.8 Å². The summed E-state index contributed by atoms with van der Waals surface area (Å²) < 4.78 is 0. The highest BCUT2D eigenvalue weighted by molar-refractivity contribution is 5.74. The van der Waals surface area contributed by atoms with Crippen molar-refractivity contribution < 1.29 is 9.90 Å². The maximum atomic E-state index is 12.0. The van der Waals surface area contributed by atoms with Gasteiger partial charge >= 0.3 is 6.03 Å². The molecule has 2 N–H and O–H groups in total. The van der Waals surface area contributed by atoms with E-state index >= 15 is 0 Å². The van der Waals surface area contributed by atoms with E-state index in [0.717, 1.165) is 44.7 Å². The summed E-state index contributed by atoms with van der Waals surface area (Å²) in [5.41, 5.74) is 0.0570. The second kappa shape index (κ2) is 6.98. The molecule has 1 aliphatic rings. The first-order chi connectivity index (χ1) is 8.44. The van der Waals surface area contributed by atoms with E-state index < -0.39 is 0 Å². The molecule has 18 heavy (non-hydrogen) atoms. The van der Waals surface area contributed by atoms with Crippen LogP contribution in [-0.2, 0) is 0 Å². The number of carbonyl (C=O) groups excluding carboxylic acids is 1. The largest absolute Gasteiger partial charge is 0.396 e. The fourth-order valence-electron chi connectivity index (χ4n) is 2.28. The highest BCUT2D eigenvalue weighted by Crippen LogP contribution is 2.21. The second-order valence-corrected chi connectivity index (χ2v) is 6.32. The van der Waals surface area contributed by atoms with Crippen molar-refractivity contribution in [3.8, 4) is 0 Å². The monoisotopic (exact) mass is 256 g/mol. The molecule has 0 aromatic rings. The molecule has 1 rings (SSSR count). The second-order valence-electron chi connectivity index (χ2n) is 6.32. The Labute approximate surface area is 111 Å². The summed E-state index contributed by atoms with van der Waals surface area (Å²) in [5.74, 6) is 0.745. The Bertz CT molecular complexity index is 259. The molecule has 0 aromatic carbocycles. The van der Waals surface area contributed by atoms with E-state index in [0.29, 0.717) is 6.54 Å². The summed E-state index contributed by atoms with van der Waals surface area (Å²) in [6.45, 7) is 9.16. The van der Waals surface area contributed by atoms with E-state index in [4.69, 9.17) is 5.11 Å². The molecule has 0 spiro atoms. The van der Waals surface area contributed by atoms with Gasteiger partial charge in [0.1, 0.15) is 0 Å². The molecule has 0 aliphatic carbocycles. The van der Waals surface area contributed by atoms with Gasteiger partial charge in [-0.2, -0.15) is 0 Å². The number of carbonyl (C=O) groups is 1. The number of rotatable bonds is 5. The molecule has 1 saturated heterocycles. The third kappa shape index (κ3) is 5.25. The lowest BCUT2D eigenvalue weighted by atomic mass is 9.88. The van der Waals surface area contributed by atoms with Crippen molar-refractivity contribution >= 4 is 6.03 Å². The van der Waals surface area contributed by atoms with Crippen molar-refractivity contribution in [2.45, 2.75) is 46.5 Å². The summed E-state index contributed by atoms with van der Waals surface area (Å²) in [6, 6.07) is 0.0685. The van der Waals surface area contributed by atoms with Gasteiger partial charge < -0.3 is 15.3 Å². The van der Waals surface area contributed by atoms with Gasteiger partial charge in [0.05, 0.1) is 0 Å². The van der Waals surface area contributed by atoms with Gasteiger partial charge in [-0.25, -0.2) is 4.79 Å². The number of aliphatic hydroxyl groups is 1. The molecule has 106 valence electrons. The Kier molecular flexibility index (Phi) is 5.93. The molecule has 0 bridgehead atoms. The molecule has 4 heteroatoms. The molecule has 2 amide bonds. The standard InChI is InChI=1S/C14H28N2O2/c1-12-5-8-16(9-6-12)13(18)15-11-14(2,3)7-4-10-17/h12,17H,4-11H2,1-3H3,(H,15,18). The number of likely N-dealkylation sites (tertiary alicyclic amines) is 1. The predicted molar refractivity (Wildman–Crippen MR) is 73.5 cm³/mol. The van der Waals surface area contributed by atoms with Crippen LogP contribution >= 0.6 is 0 Å². The minimum Gasteiger partial charge on any atom is -0.396 e. The van der Waals surface area contributed by atoms with Crippen molar-refractivity contribution in [3.63, 3.8) is 0 Å². The highest BCUT2D eigenvalue weighted by atomic mass is 16.3. The van der Waals surface area contributed by atoms with Crippen molar-refractivity contribution in [2.24, 2.45) is 11.3 Å². The molecular formula is C14H28N2O2. The van der Waals surface area contributed by atoms with Crippen molar-refractivity contribution in [1.29, 1.82) is 0 Å². The fourth-order valence-corrected chi connectivity index (χ4v) is 2.28. The van der Waals surface area contributed by atoms with Crippen molar-refractivity contribution in [2.75, 3.05) is 26.2 Å². The maximum Gasteiger partial charge on any atom is 0.317 e. The number of hydrogen-bond donors (Lipinski definition) is 2. The third-order valence-electron chi connectivity index (χ3n) is 3.80. The lowest BCUT2D eigenvalue weighted by molar-refractivity contribution is 0.167. The van der Waals surface area contributed by atoms with Gasteiger partial charge in [0.2, 0.25) is 0 Å². The van der Waals surface area contributed by atoms with Crippen LogP contribution in [0.15, 0.2) is 0 Å². The first kappa shape index (κ1) is 15.3. The Balaban J connectivity index is 2.27. The van der Waals surface area contributed by atoms with Crippen LogP contribution in [0.5, 0.6) is 0 Å². The molecule has 0 radical (unpaired) electrons. The van der Waals surface area contributed by atoms with Crippen LogP contribution in [0, 0.1) is 11.3 Å². The average Bonchev–Trinajstić information content (AvgIpc) is 2.35. The zero-order valence-electron chi connectivity index (χ0n) is 12.0. The van der Waals surface area contributed by atoms with Gasteiger partial charge in [0.15, 0.2) is 0 Å². The smallest absolute Gasteiger partial charge is 0.317 e. The van der Waals surface area contributed by atoms with Crippen molar-refractivity contribution in [3.05, 3.63) is 0 Å². The molecule has 1 aliphatic heterocycles. The van der Waals surface area contributed by atoms with Crippen LogP contribution in [0.1, 0.15) is 46.5 Å². The van der Waals surface area contributed by atoms with E-state index in [1.807, 2.05) is 4.90 Å². The molecule has 4 nitrogen and oxygen atoms in total. The number of nitrogens with one attached hydrogen (secondary N) is 1. The van der Waals surface area contributed by atoms with Crippen LogP contribution < -0.4 is 5.32 Å². The molecule has 0 unspecified atom stereocenters. The summed E-state index contributed by atoms with van der Waals surface area (Å²) in [7, 11) is 0. The fraction of sp³-hybridized carbons (Fsp3) is 0.929. The Hall–Kier alpha value is -0.770. The van der Waals surface area contributed by atoms with E-state index in [9.17, 15) is 4.79 Å². The Morgan fingerprint density at radius 2 is 2.00 bits per heavy atom.